The Morgan fingerprint density at radius 1 is 1.81 bits per heavy atom. The summed E-state index contributed by atoms with van der Waals surface area (Å²) >= 11 is 0. The fraction of sp³-hybridized carbons (Fsp3) is 0.727. The quantitative estimate of drug-likeness (QED) is 0.236. The molecule has 0 spiro atoms. The highest BCUT2D eigenvalue weighted by Crippen LogP contribution is 2.42. The maximum Gasteiger partial charge on any atom is 0.318 e. The van der Waals surface area contributed by atoms with Gasteiger partial charge in [-0.2, -0.15) is 0 Å². The van der Waals surface area contributed by atoms with Crippen molar-refractivity contribution < 1.29 is 9.53 Å². The molecule has 0 aliphatic heterocycles. The summed E-state index contributed by atoms with van der Waals surface area (Å²) in [4.78, 5) is 14.7. The SMILES string of the molecule is C=CC[C@H]1CCC[C@@]1(N=[N+]=[N-])C(=O)OCC. The van der Waals surface area contributed by atoms with Gasteiger partial charge in [-0.25, -0.2) is 0 Å². The van der Waals surface area contributed by atoms with Crippen molar-refractivity contribution in [1.29, 1.82) is 0 Å². The molecular weight excluding hydrogens is 206 g/mol. The highest BCUT2D eigenvalue weighted by atomic mass is 16.5. The van der Waals surface area contributed by atoms with Crippen LogP contribution < -0.4 is 0 Å². The van der Waals surface area contributed by atoms with Crippen molar-refractivity contribution in [3.05, 3.63) is 23.1 Å². The van der Waals surface area contributed by atoms with Crippen molar-refractivity contribution in [2.45, 2.75) is 38.1 Å². The van der Waals surface area contributed by atoms with Gasteiger partial charge in [-0.1, -0.05) is 17.6 Å². The van der Waals surface area contributed by atoms with Crippen LogP contribution in [0.2, 0.25) is 0 Å². The zero-order valence-electron chi connectivity index (χ0n) is 9.56. The first-order valence-electron chi connectivity index (χ1n) is 5.55. The standard InChI is InChI=1S/C11H17N3O2/c1-3-6-9-7-5-8-11(9,13-14-12)10(15)16-4-2/h3,9H,1,4-8H2,2H3/t9-,11-/m0/s1. The van der Waals surface area contributed by atoms with E-state index in [0.29, 0.717) is 19.4 Å². The molecule has 1 aliphatic carbocycles. The van der Waals surface area contributed by atoms with Gasteiger partial charge in [-0.15, -0.1) is 6.58 Å². The summed E-state index contributed by atoms with van der Waals surface area (Å²) in [6.45, 7) is 5.73. The molecule has 5 nitrogen and oxygen atoms in total. The van der Waals surface area contributed by atoms with Gasteiger partial charge in [-0.3, -0.25) is 4.79 Å². The first kappa shape index (κ1) is 12.6. The van der Waals surface area contributed by atoms with E-state index in [4.69, 9.17) is 10.3 Å². The maximum atomic E-state index is 11.9. The Morgan fingerprint density at radius 2 is 2.56 bits per heavy atom. The van der Waals surface area contributed by atoms with Gasteiger partial charge in [0.15, 0.2) is 0 Å². The molecule has 5 heteroatoms. The van der Waals surface area contributed by atoms with Crippen LogP contribution in [0.5, 0.6) is 0 Å². The lowest BCUT2D eigenvalue weighted by Crippen LogP contribution is -2.41. The zero-order chi connectivity index (χ0) is 12.0. The molecule has 0 radical (unpaired) electrons. The van der Waals surface area contributed by atoms with Crippen LogP contribution in [-0.4, -0.2) is 18.1 Å². The van der Waals surface area contributed by atoms with E-state index >= 15 is 0 Å². The number of ether oxygens (including phenoxy) is 1. The molecule has 1 saturated carbocycles. The molecule has 1 aliphatic rings. The van der Waals surface area contributed by atoms with E-state index in [-0.39, 0.29) is 5.92 Å². The van der Waals surface area contributed by atoms with E-state index in [1.54, 1.807) is 13.0 Å². The molecule has 0 unspecified atom stereocenters. The Balaban J connectivity index is 2.98. The van der Waals surface area contributed by atoms with E-state index in [0.717, 1.165) is 12.8 Å². The van der Waals surface area contributed by atoms with E-state index in [1.807, 2.05) is 0 Å². The van der Waals surface area contributed by atoms with Crippen molar-refractivity contribution in [3.8, 4) is 0 Å². The van der Waals surface area contributed by atoms with Crippen LogP contribution in [0, 0.1) is 5.92 Å². The minimum atomic E-state index is -1.00. The topological polar surface area (TPSA) is 75.1 Å². The van der Waals surface area contributed by atoms with Gasteiger partial charge in [0.25, 0.3) is 0 Å². The molecule has 0 aromatic rings. The lowest BCUT2D eigenvalue weighted by atomic mass is 9.85. The summed E-state index contributed by atoms with van der Waals surface area (Å²) in [5.74, 6) is -0.364. The number of hydrogen-bond acceptors (Lipinski definition) is 3. The molecule has 88 valence electrons. The Hall–Kier alpha value is -1.48. The van der Waals surface area contributed by atoms with Crippen LogP contribution in [0.4, 0.5) is 0 Å². The van der Waals surface area contributed by atoms with Gasteiger partial charge in [0.1, 0.15) is 5.54 Å². The predicted octanol–water partition coefficient (Wildman–Crippen LogP) is 2.97. The number of allylic oxidation sites excluding steroid dienone is 1. The zero-order valence-corrected chi connectivity index (χ0v) is 9.56. The van der Waals surface area contributed by atoms with E-state index in [2.05, 4.69) is 16.6 Å². The van der Waals surface area contributed by atoms with Crippen LogP contribution in [-0.2, 0) is 9.53 Å². The largest absolute Gasteiger partial charge is 0.465 e. The number of carbonyl (C=O) groups excluding carboxylic acids is 1. The van der Waals surface area contributed by atoms with Crippen LogP contribution in [0.25, 0.3) is 10.4 Å². The monoisotopic (exact) mass is 223 g/mol. The fourth-order valence-corrected chi connectivity index (χ4v) is 2.35. The Labute approximate surface area is 95.1 Å². The average Bonchev–Trinajstić information content (AvgIpc) is 2.64. The average molecular weight is 223 g/mol. The third-order valence-corrected chi connectivity index (χ3v) is 3.09. The lowest BCUT2D eigenvalue weighted by Gasteiger charge is -2.27. The minimum absolute atomic E-state index is 0.0277. The lowest BCUT2D eigenvalue weighted by molar-refractivity contribution is -0.151. The third kappa shape index (κ3) is 2.19. The van der Waals surface area contributed by atoms with Gasteiger partial charge in [-0.05, 0) is 37.6 Å². The Bertz CT molecular complexity index is 323. The van der Waals surface area contributed by atoms with E-state index < -0.39 is 11.5 Å². The van der Waals surface area contributed by atoms with Gasteiger partial charge in [0.2, 0.25) is 0 Å². The summed E-state index contributed by atoms with van der Waals surface area (Å²) in [7, 11) is 0. The Morgan fingerprint density at radius 3 is 3.12 bits per heavy atom. The number of rotatable bonds is 5. The number of azide groups is 1. The molecule has 0 bridgehead atoms. The smallest absolute Gasteiger partial charge is 0.318 e. The first-order valence-corrected chi connectivity index (χ1v) is 5.55. The molecule has 0 heterocycles. The van der Waals surface area contributed by atoms with Crippen molar-refractivity contribution in [3.63, 3.8) is 0 Å². The van der Waals surface area contributed by atoms with Gasteiger partial charge in [0, 0.05) is 4.91 Å². The molecule has 0 saturated heterocycles. The van der Waals surface area contributed by atoms with Crippen LogP contribution >= 0.6 is 0 Å². The molecular formula is C11H17N3O2. The van der Waals surface area contributed by atoms with Crippen molar-refractivity contribution in [1.82, 2.24) is 0 Å². The number of esters is 1. The summed E-state index contributed by atoms with van der Waals surface area (Å²) in [6, 6.07) is 0. The molecule has 1 fully saturated rings. The highest BCUT2D eigenvalue weighted by Gasteiger charge is 2.49. The minimum Gasteiger partial charge on any atom is -0.465 e. The first-order chi connectivity index (χ1) is 7.71. The number of nitrogens with zero attached hydrogens (tertiary/aromatic N) is 3. The molecule has 0 N–H and O–H groups in total. The number of carbonyl (C=O) groups is 1. The summed E-state index contributed by atoms with van der Waals surface area (Å²) in [5.41, 5.74) is 7.62. The molecule has 0 aromatic carbocycles. The van der Waals surface area contributed by atoms with Crippen LogP contribution in [0.1, 0.15) is 32.6 Å². The third-order valence-electron chi connectivity index (χ3n) is 3.09. The van der Waals surface area contributed by atoms with Crippen LogP contribution in [0.3, 0.4) is 0 Å². The summed E-state index contributed by atoms with van der Waals surface area (Å²) in [5, 5.41) is 3.73. The fourth-order valence-electron chi connectivity index (χ4n) is 2.35. The Kier molecular flexibility index (Phi) is 4.38. The summed E-state index contributed by atoms with van der Waals surface area (Å²) < 4.78 is 5.02. The van der Waals surface area contributed by atoms with Crippen molar-refractivity contribution in [2.75, 3.05) is 6.61 Å². The van der Waals surface area contributed by atoms with Crippen LogP contribution in [0.15, 0.2) is 17.8 Å². The normalized spacial score (nSPS) is 28.2. The predicted molar refractivity (Wildman–Crippen MR) is 60.7 cm³/mol. The van der Waals surface area contributed by atoms with E-state index in [1.165, 1.54) is 0 Å². The second-order valence-electron chi connectivity index (χ2n) is 3.95. The van der Waals surface area contributed by atoms with Crippen molar-refractivity contribution >= 4 is 5.97 Å². The molecule has 1 rings (SSSR count). The van der Waals surface area contributed by atoms with Gasteiger partial charge in [0.05, 0.1) is 6.61 Å². The molecule has 16 heavy (non-hydrogen) atoms. The second-order valence-corrected chi connectivity index (χ2v) is 3.95. The van der Waals surface area contributed by atoms with E-state index in [9.17, 15) is 4.79 Å². The molecule has 0 amide bonds. The second kappa shape index (κ2) is 5.56. The number of hydrogen-bond donors (Lipinski definition) is 0. The maximum absolute atomic E-state index is 11.9. The summed E-state index contributed by atoms with van der Waals surface area (Å²) in [6.07, 6.45) is 4.78. The van der Waals surface area contributed by atoms with Gasteiger partial charge >= 0.3 is 5.97 Å². The molecule has 0 aromatic heterocycles. The van der Waals surface area contributed by atoms with Gasteiger partial charge < -0.3 is 4.74 Å². The van der Waals surface area contributed by atoms with Crippen molar-refractivity contribution in [2.24, 2.45) is 11.0 Å². The highest BCUT2D eigenvalue weighted by molar-refractivity contribution is 5.82. The molecule has 2 atom stereocenters.